The third-order valence-electron chi connectivity index (χ3n) is 4.12. The van der Waals surface area contributed by atoms with Crippen molar-refractivity contribution in [2.24, 2.45) is 5.10 Å². The molecule has 2 aromatic carbocycles. The maximum atomic E-state index is 11.0. The van der Waals surface area contributed by atoms with Crippen molar-refractivity contribution in [3.8, 4) is 0 Å². The number of anilines is 2. The van der Waals surface area contributed by atoms with Crippen LogP contribution in [0.4, 0.5) is 11.4 Å². The molecule has 0 unspecified atom stereocenters. The Balaban J connectivity index is 1.67. The van der Waals surface area contributed by atoms with Crippen LogP contribution >= 0.6 is 0 Å². The van der Waals surface area contributed by atoms with E-state index in [9.17, 15) is 4.79 Å². The molecule has 0 amide bonds. The zero-order valence-electron chi connectivity index (χ0n) is 14.1. The average Bonchev–Trinajstić information content (AvgIpc) is 2.67. The van der Waals surface area contributed by atoms with Gasteiger partial charge in [-0.15, -0.1) is 0 Å². The first-order chi connectivity index (χ1) is 12.1. The van der Waals surface area contributed by atoms with Crippen molar-refractivity contribution in [3.05, 3.63) is 59.7 Å². The molecule has 130 valence electrons. The van der Waals surface area contributed by atoms with Crippen molar-refractivity contribution in [2.45, 2.75) is 6.92 Å². The average molecular weight is 339 g/mol. The molecule has 2 N–H and O–H groups in total. The van der Waals surface area contributed by atoms with Gasteiger partial charge >= 0.3 is 5.97 Å². The summed E-state index contributed by atoms with van der Waals surface area (Å²) in [5, 5.41) is 13.4. The minimum absolute atomic E-state index is 0.229. The van der Waals surface area contributed by atoms with Gasteiger partial charge in [0.05, 0.1) is 30.2 Å². The molecule has 1 saturated heterocycles. The maximum absolute atomic E-state index is 11.0. The number of benzene rings is 2. The molecule has 1 fully saturated rings. The number of morpholine rings is 1. The Hall–Kier alpha value is -2.86. The summed E-state index contributed by atoms with van der Waals surface area (Å²) < 4.78 is 5.37. The lowest BCUT2D eigenvalue weighted by Gasteiger charge is -2.28. The number of nitrogens with one attached hydrogen (secondary N) is 1. The van der Waals surface area contributed by atoms with Gasteiger partial charge in [-0.05, 0) is 42.8 Å². The van der Waals surface area contributed by atoms with E-state index in [0.717, 1.165) is 37.6 Å². The molecular formula is C19H21N3O3. The molecule has 0 aromatic heterocycles. The van der Waals surface area contributed by atoms with E-state index in [0.29, 0.717) is 5.69 Å². The van der Waals surface area contributed by atoms with Crippen LogP contribution < -0.4 is 10.3 Å². The van der Waals surface area contributed by atoms with Gasteiger partial charge < -0.3 is 14.7 Å². The fourth-order valence-corrected chi connectivity index (χ4v) is 2.67. The fourth-order valence-electron chi connectivity index (χ4n) is 2.67. The maximum Gasteiger partial charge on any atom is 0.335 e. The van der Waals surface area contributed by atoms with Gasteiger partial charge in [0.2, 0.25) is 0 Å². The number of aromatic carboxylic acids is 1. The summed E-state index contributed by atoms with van der Waals surface area (Å²) in [7, 11) is 0. The number of carboxylic acids is 1. The number of nitrogens with zero attached hydrogens (tertiary/aromatic N) is 2. The largest absolute Gasteiger partial charge is 0.478 e. The monoisotopic (exact) mass is 339 g/mol. The molecule has 1 heterocycles. The van der Waals surface area contributed by atoms with Crippen molar-refractivity contribution in [1.82, 2.24) is 0 Å². The molecule has 0 spiro atoms. The van der Waals surface area contributed by atoms with Gasteiger partial charge in [0.1, 0.15) is 0 Å². The highest BCUT2D eigenvalue weighted by Crippen LogP contribution is 2.17. The summed E-state index contributed by atoms with van der Waals surface area (Å²) in [6.45, 7) is 5.27. The van der Waals surface area contributed by atoms with Crippen molar-refractivity contribution in [2.75, 3.05) is 36.6 Å². The lowest BCUT2D eigenvalue weighted by Crippen LogP contribution is -2.36. The summed E-state index contributed by atoms with van der Waals surface area (Å²) in [4.78, 5) is 13.3. The first-order valence-corrected chi connectivity index (χ1v) is 8.20. The molecule has 0 atom stereocenters. The van der Waals surface area contributed by atoms with Crippen LogP contribution in [0, 0.1) is 0 Å². The zero-order valence-corrected chi connectivity index (χ0v) is 14.1. The van der Waals surface area contributed by atoms with E-state index in [4.69, 9.17) is 9.84 Å². The predicted molar refractivity (Wildman–Crippen MR) is 98.7 cm³/mol. The van der Waals surface area contributed by atoms with Crippen molar-refractivity contribution in [3.63, 3.8) is 0 Å². The van der Waals surface area contributed by atoms with Gasteiger partial charge in [0.15, 0.2) is 0 Å². The van der Waals surface area contributed by atoms with E-state index >= 15 is 0 Å². The topological polar surface area (TPSA) is 74.2 Å². The van der Waals surface area contributed by atoms with E-state index in [-0.39, 0.29) is 5.56 Å². The molecule has 6 heteroatoms. The van der Waals surface area contributed by atoms with Gasteiger partial charge in [-0.3, -0.25) is 5.43 Å². The van der Waals surface area contributed by atoms with Crippen LogP contribution in [0.5, 0.6) is 0 Å². The number of hydrazone groups is 1. The zero-order chi connectivity index (χ0) is 17.6. The fraction of sp³-hybridized carbons (Fsp3) is 0.263. The van der Waals surface area contributed by atoms with Crippen LogP contribution in [0.3, 0.4) is 0 Å². The summed E-state index contributed by atoms with van der Waals surface area (Å²) in [5.74, 6) is -0.956. The molecule has 1 aliphatic heterocycles. The summed E-state index contributed by atoms with van der Waals surface area (Å²) in [6.07, 6.45) is 0. The Morgan fingerprint density at radius 1 is 1.12 bits per heavy atom. The van der Waals surface area contributed by atoms with Crippen molar-refractivity contribution < 1.29 is 14.6 Å². The number of hydrogen-bond acceptors (Lipinski definition) is 5. The Kier molecular flexibility index (Phi) is 5.30. The number of carbonyl (C=O) groups is 1. The van der Waals surface area contributed by atoms with Crippen LogP contribution in [-0.4, -0.2) is 43.1 Å². The van der Waals surface area contributed by atoms with Gasteiger partial charge in [-0.25, -0.2) is 4.79 Å². The molecule has 3 rings (SSSR count). The van der Waals surface area contributed by atoms with Gasteiger partial charge in [0.25, 0.3) is 0 Å². The third-order valence-corrected chi connectivity index (χ3v) is 4.12. The Labute approximate surface area is 146 Å². The number of hydrogen-bond donors (Lipinski definition) is 2. The summed E-state index contributed by atoms with van der Waals surface area (Å²) in [6, 6.07) is 14.8. The molecule has 25 heavy (non-hydrogen) atoms. The van der Waals surface area contributed by atoms with Gasteiger partial charge in [0, 0.05) is 18.8 Å². The van der Waals surface area contributed by atoms with Crippen molar-refractivity contribution >= 4 is 23.1 Å². The predicted octanol–water partition coefficient (Wildman–Crippen LogP) is 3.06. The minimum Gasteiger partial charge on any atom is -0.478 e. The quantitative estimate of drug-likeness (QED) is 0.647. The molecule has 0 bridgehead atoms. The lowest BCUT2D eigenvalue weighted by atomic mass is 10.1. The highest BCUT2D eigenvalue weighted by atomic mass is 16.5. The van der Waals surface area contributed by atoms with Gasteiger partial charge in [-0.1, -0.05) is 18.2 Å². The van der Waals surface area contributed by atoms with Crippen LogP contribution in [-0.2, 0) is 4.74 Å². The highest BCUT2D eigenvalue weighted by molar-refractivity contribution is 5.99. The second kappa shape index (κ2) is 7.81. The third kappa shape index (κ3) is 4.36. The molecule has 0 saturated carbocycles. The van der Waals surface area contributed by atoms with Crippen LogP contribution in [0.1, 0.15) is 22.8 Å². The normalized spacial score (nSPS) is 15.1. The molecule has 0 radical (unpaired) electrons. The summed E-state index contributed by atoms with van der Waals surface area (Å²) >= 11 is 0. The summed E-state index contributed by atoms with van der Waals surface area (Å²) in [5.41, 5.74) is 6.81. The van der Waals surface area contributed by atoms with E-state index in [1.807, 2.05) is 19.1 Å². The smallest absolute Gasteiger partial charge is 0.335 e. The Bertz CT molecular complexity index is 766. The number of ether oxygens (including phenoxy) is 1. The second-order valence-electron chi connectivity index (χ2n) is 5.84. The van der Waals surface area contributed by atoms with Crippen molar-refractivity contribution in [1.29, 1.82) is 0 Å². The Morgan fingerprint density at radius 3 is 2.52 bits per heavy atom. The van der Waals surface area contributed by atoms with E-state index in [1.54, 1.807) is 24.3 Å². The molecule has 6 nitrogen and oxygen atoms in total. The van der Waals surface area contributed by atoms with E-state index < -0.39 is 5.97 Å². The number of carboxylic acid groups (broad SMARTS) is 1. The first-order valence-electron chi connectivity index (χ1n) is 8.20. The lowest BCUT2D eigenvalue weighted by molar-refractivity contribution is 0.0697. The standard InChI is InChI=1S/C19H21N3O3/c1-14(20-21-17-4-2-3-16(13-17)19(23)24)15-5-7-18(8-6-15)22-9-11-25-12-10-22/h2-8,13,21H,9-12H2,1H3,(H,23,24). The Morgan fingerprint density at radius 2 is 1.84 bits per heavy atom. The molecule has 0 aliphatic carbocycles. The first kappa shape index (κ1) is 17.0. The van der Waals surface area contributed by atoms with E-state index in [2.05, 4.69) is 27.6 Å². The van der Waals surface area contributed by atoms with Gasteiger partial charge in [-0.2, -0.15) is 5.10 Å². The SMILES string of the molecule is CC(=NNc1cccc(C(=O)O)c1)c1ccc(N2CCOCC2)cc1. The van der Waals surface area contributed by atoms with Crippen LogP contribution in [0.25, 0.3) is 0 Å². The molecular weight excluding hydrogens is 318 g/mol. The van der Waals surface area contributed by atoms with Crippen LogP contribution in [0.15, 0.2) is 53.6 Å². The van der Waals surface area contributed by atoms with E-state index in [1.165, 1.54) is 5.69 Å². The van der Waals surface area contributed by atoms with Crippen LogP contribution in [0.2, 0.25) is 0 Å². The molecule has 2 aromatic rings. The highest BCUT2D eigenvalue weighted by Gasteiger charge is 2.11. The number of rotatable bonds is 5. The molecule has 1 aliphatic rings. The minimum atomic E-state index is -0.956. The second-order valence-corrected chi connectivity index (χ2v) is 5.84.